The van der Waals surface area contributed by atoms with Gasteiger partial charge in [-0.2, -0.15) is 0 Å². The predicted molar refractivity (Wildman–Crippen MR) is 85.3 cm³/mol. The molecule has 0 amide bonds. The second-order valence-electron chi connectivity index (χ2n) is 6.20. The lowest BCUT2D eigenvalue weighted by Gasteiger charge is -2.32. The molecule has 1 aliphatic carbocycles. The Hall–Kier alpha value is -1.32. The summed E-state index contributed by atoms with van der Waals surface area (Å²) in [5, 5.41) is 6.93. The molecule has 2 N–H and O–H groups in total. The molecule has 1 aliphatic rings. The fourth-order valence-corrected chi connectivity index (χ4v) is 2.43. The number of rotatable bonds is 7. The molecule has 0 spiro atoms. The van der Waals surface area contributed by atoms with Crippen molar-refractivity contribution in [3.8, 4) is 0 Å². The van der Waals surface area contributed by atoms with Crippen molar-refractivity contribution in [2.75, 3.05) is 17.2 Å². The van der Waals surface area contributed by atoms with Crippen molar-refractivity contribution in [1.29, 1.82) is 0 Å². The Balaban J connectivity index is 2.10. The molecule has 4 heteroatoms. The molecule has 1 unspecified atom stereocenters. The Morgan fingerprint density at radius 3 is 2.45 bits per heavy atom. The summed E-state index contributed by atoms with van der Waals surface area (Å²) in [5.74, 6) is 3.96. The predicted octanol–water partition coefficient (Wildman–Crippen LogP) is 4.02. The second kappa shape index (κ2) is 6.91. The highest BCUT2D eigenvalue weighted by Gasteiger charge is 2.24. The van der Waals surface area contributed by atoms with Crippen molar-refractivity contribution >= 4 is 11.6 Å². The average Bonchev–Trinajstić information content (AvgIpc) is 2.33. The number of anilines is 2. The van der Waals surface area contributed by atoms with Gasteiger partial charge in [-0.25, -0.2) is 9.97 Å². The Bertz CT molecular complexity index is 426. The third-order valence-corrected chi connectivity index (χ3v) is 4.05. The molecule has 0 saturated heterocycles. The Labute approximate surface area is 122 Å². The van der Waals surface area contributed by atoms with E-state index in [1.54, 1.807) is 0 Å². The van der Waals surface area contributed by atoms with Crippen LogP contribution in [-0.4, -0.2) is 22.6 Å². The number of aromatic nitrogens is 2. The molecule has 20 heavy (non-hydrogen) atoms. The highest BCUT2D eigenvalue weighted by atomic mass is 15.1. The smallest absolute Gasteiger partial charge is 0.135 e. The van der Waals surface area contributed by atoms with Gasteiger partial charge in [0.15, 0.2) is 0 Å². The van der Waals surface area contributed by atoms with E-state index in [2.05, 4.69) is 48.3 Å². The topological polar surface area (TPSA) is 49.8 Å². The van der Waals surface area contributed by atoms with Gasteiger partial charge in [-0.3, -0.25) is 0 Å². The molecule has 1 fully saturated rings. The first-order valence-electron chi connectivity index (χ1n) is 7.99. The molecule has 1 atom stereocenters. The van der Waals surface area contributed by atoms with E-state index in [1.807, 2.05) is 6.07 Å². The first-order chi connectivity index (χ1) is 9.60. The normalized spacial score (nSPS) is 16.9. The van der Waals surface area contributed by atoms with Crippen LogP contribution in [0, 0.1) is 5.92 Å². The van der Waals surface area contributed by atoms with Crippen LogP contribution >= 0.6 is 0 Å². The molecule has 112 valence electrons. The first-order valence-corrected chi connectivity index (χ1v) is 7.99. The lowest BCUT2D eigenvalue weighted by Crippen LogP contribution is -2.31. The van der Waals surface area contributed by atoms with Crippen LogP contribution in [0.3, 0.4) is 0 Å². The van der Waals surface area contributed by atoms with Gasteiger partial charge in [0.1, 0.15) is 17.5 Å². The van der Waals surface area contributed by atoms with Crippen molar-refractivity contribution in [2.45, 2.75) is 65.3 Å². The molecule has 1 aromatic rings. The molecule has 0 aliphatic heterocycles. The van der Waals surface area contributed by atoms with Gasteiger partial charge < -0.3 is 10.6 Å². The SMILES string of the molecule is CCCNc1cc(NC(C)C2CCC2)nc(C(C)C)n1. The zero-order valence-corrected chi connectivity index (χ0v) is 13.2. The van der Waals surface area contributed by atoms with E-state index >= 15 is 0 Å². The number of nitrogens with one attached hydrogen (secondary N) is 2. The molecule has 1 heterocycles. The van der Waals surface area contributed by atoms with Crippen molar-refractivity contribution < 1.29 is 0 Å². The minimum Gasteiger partial charge on any atom is -0.370 e. The molecule has 0 aromatic carbocycles. The average molecular weight is 276 g/mol. The van der Waals surface area contributed by atoms with E-state index in [1.165, 1.54) is 19.3 Å². The Morgan fingerprint density at radius 2 is 1.90 bits per heavy atom. The molecule has 1 aromatic heterocycles. The van der Waals surface area contributed by atoms with Crippen LogP contribution < -0.4 is 10.6 Å². The molecular formula is C16H28N4. The Kier molecular flexibility index (Phi) is 5.21. The van der Waals surface area contributed by atoms with Crippen LogP contribution in [0.2, 0.25) is 0 Å². The maximum Gasteiger partial charge on any atom is 0.135 e. The Morgan fingerprint density at radius 1 is 1.20 bits per heavy atom. The summed E-state index contributed by atoms with van der Waals surface area (Å²) in [6.45, 7) is 9.65. The van der Waals surface area contributed by atoms with Crippen molar-refractivity contribution in [1.82, 2.24) is 9.97 Å². The fraction of sp³-hybridized carbons (Fsp3) is 0.750. The van der Waals surface area contributed by atoms with E-state index in [9.17, 15) is 0 Å². The van der Waals surface area contributed by atoms with E-state index in [0.717, 1.165) is 36.3 Å². The van der Waals surface area contributed by atoms with E-state index < -0.39 is 0 Å². The van der Waals surface area contributed by atoms with E-state index in [-0.39, 0.29) is 0 Å². The summed E-state index contributed by atoms with van der Waals surface area (Å²) in [6, 6.07) is 2.54. The van der Waals surface area contributed by atoms with Crippen LogP contribution in [0.25, 0.3) is 0 Å². The largest absolute Gasteiger partial charge is 0.370 e. The van der Waals surface area contributed by atoms with Crippen LogP contribution in [0.4, 0.5) is 11.6 Å². The zero-order chi connectivity index (χ0) is 14.5. The second-order valence-corrected chi connectivity index (χ2v) is 6.20. The van der Waals surface area contributed by atoms with Gasteiger partial charge in [0, 0.05) is 24.6 Å². The monoisotopic (exact) mass is 276 g/mol. The van der Waals surface area contributed by atoms with E-state index in [0.29, 0.717) is 12.0 Å². The molecule has 0 radical (unpaired) electrons. The zero-order valence-electron chi connectivity index (χ0n) is 13.2. The van der Waals surface area contributed by atoms with Crippen molar-refractivity contribution in [3.05, 3.63) is 11.9 Å². The molecule has 0 bridgehead atoms. The number of hydrogen-bond donors (Lipinski definition) is 2. The van der Waals surface area contributed by atoms with E-state index in [4.69, 9.17) is 0 Å². The maximum atomic E-state index is 4.66. The van der Waals surface area contributed by atoms with Gasteiger partial charge in [0.05, 0.1) is 0 Å². The summed E-state index contributed by atoms with van der Waals surface area (Å²) in [4.78, 5) is 9.25. The molecule has 2 rings (SSSR count). The highest BCUT2D eigenvalue weighted by molar-refractivity contribution is 5.48. The van der Waals surface area contributed by atoms with Crippen LogP contribution in [0.5, 0.6) is 0 Å². The highest BCUT2D eigenvalue weighted by Crippen LogP contribution is 2.31. The van der Waals surface area contributed by atoms with Crippen molar-refractivity contribution in [3.63, 3.8) is 0 Å². The summed E-state index contributed by atoms with van der Waals surface area (Å²) in [5.41, 5.74) is 0. The summed E-state index contributed by atoms with van der Waals surface area (Å²) < 4.78 is 0. The van der Waals surface area contributed by atoms with Crippen LogP contribution in [0.15, 0.2) is 6.07 Å². The van der Waals surface area contributed by atoms with Gasteiger partial charge in [-0.05, 0) is 32.1 Å². The van der Waals surface area contributed by atoms with Gasteiger partial charge in [-0.1, -0.05) is 27.2 Å². The lowest BCUT2D eigenvalue weighted by atomic mass is 9.80. The molecular weight excluding hydrogens is 248 g/mol. The number of nitrogens with zero attached hydrogens (tertiary/aromatic N) is 2. The standard InChI is InChI=1S/C16H28N4/c1-5-9-17-14-10-15(20-16(19-14)11(2)3)18-12(4)13-7-6-8-13/h10-13H,5-9H2,1-4H3,(H2,17,18,19,20). The third-order valence-electron chi connectivity index (χ3n) is 4.05. The number of hydrogen-bond acceptors (Lipinski definition) is 4. The van der Waals surface area contributed by atoms with Gasteiger partial charge in [0.25, 0.3) is 0 Å². The summed E-state index contributed by atoms with van der Waals surface area (Å²) in [6.07, 6.45) is 5.16. The maximum absolute atomic E-state index is 4.66. The third kappa shape index (κ3) is 3.84. The molecule has 1 saturated carbocycles. The molecule has 4 nitrogen and oxygen atoms in total. The summed E-state index contributed by atoms with van der Waals surface area (Å²) >= 11 is 0. The van der Waals surface area contributed by atoms with Gasteiger partial charge in [-0.15, -0.1) is 0 Å². The quantitative estimate of drug-likeness (QED) is 0.789. The lowest BCUT2D eigenvalue weighted by molar-refractivity contribution is 0.285. The van der Waals surface area contributed by atoms with Crippen molar-refractivity contribution in [2.24, 2.45) is 5.92 Å². The summed E-state index contributed by atoms with van der Waals surface area (Å²) in [7, 11) is 0. The van der Waals surface area contributed by atoms with Crippen LogP contribution in [0.1, 0.15) is 65.1 Å². The van der Waals surface area contributed by atoms with Crippen LogP contribution in [-0.2, 0) is 0 Å². The van der Waals surface area contributed by atoms with Gasteiger partial charge in [0.2, 0.25) is 0 Å². The first kappa shape index (κ1) is 15.1. The minimum absolute atomic E-state index is 0.345. The fourth-order valence-electron chi connectivity index (χ4n) is 2.43. The van der Waals surface area contributed by atoms with Gasteiger partial charge >= 0.3 is 0 Å². The minimum atomic E-state index is 0.345.